The Morgan fingerprint density at radius 2 is 1.88 bits per heavy atom. The molecule has 0 bridgehead atoms. The quantitative estimate of drug-likeness (QED) is 0.694. The summed E-state index contributed by atoms with van der Waals surface area (Å²) in [5.74, 6) is 0.116. The summed E-state index contributed by atoms with van der Waals surface area (Å²) in [4.78, 5) is 19.7. The number of aliphatic imine (C=N–C) groups is 1. The van der Waals surface area contributed by atoms with E-state index in [1.807, 2.05) is 32.0 Å². The SMILES string of the molecule is CN1C(=O)C2(CC3(CCOC(C)(C)C3)Oc3ccc(-c4ccc(F)c(Cl)c4)cc32)N=C1N. The maximum Gasteiger partial charge on any atom is 0.261 e. The number of carbonyl (C=O) groups is 1. The highest BCUT2D eigenvalue weighted by molar-refractivity contribution is 6.31. The molecule has 8 heteroatoms. The number of guanidine groups is 1. The van der Waals surface area contributed by atoms with Crippen LogP contribution >= 0.6 is 11.6 Å². The second-order valence-electron chi connectivity index (χ2n) is 9.53. The molecule has 32 heavy (non-hydrogen) atoms. The monoisotopic (exact) mass is 457 g/mol. The second kappa shape index (κ2) is 6.93. The number of carbonyl (C=O) groups excluding carboxylic acids is 1. The third-order valence-electron chi connectivity index (χ3n) is 6.69. The molecule has 2 unspecified atom stereocenters. The number of amides is 1. The van der Waals surface area contributed by atoms with Crippen LogP contribution in [-0.2, 0) is 15.1 Å². The fourth-order valence-electron chi connectivity index (χ4n) is 5.29. The minimum atomic E-state index is -1.18. The molecule has 0 aromatic heterocycles. The molecule has 2 aromatic rings. The smallest absolute Gasteiger partial charge is 0.261 e. The summed E-state index contributed by atoms with van der Waals surface area (Å²) in [5.41, 5.74) is 6.13. The van der Waals surface area contributed by atoms with Gasteiger partial charge >= 0.3 is 0 Å². The Balaban J connectivity index is 1.68. The molecule has 2 N–H and O–H groups in total. The highest BCUT2D eigenvalue weighted by Crippen LogP contribution is 2.54. The lowest BCUT2D eigenvalue weighted by Gasteiger charge is -2.50. The van der Waals surface area contributed by atoms with Gasteiger partial charge in [0.15, 0.2) is 11.5 Å². The minimum absolute atomic E-state index is 0.0357. The van der Waals surface area contributed by atoms with Crippen LogP contribution in [0.15, 0.2) is 41.4 Å². The Kier molecular flexibility index (Phi) is 4.59. The van der Waals surface area contributed by atoms with Crippen molar-refractivity contribution in [2.45, 2.75) is 49.9 Å². The van der Waals surface area contributed by atoms with Gasteiger partial charge in [-0.1, -0.05) is 23.7 Å². The molecule has 3 aliphatic heterocycles. The van der Waals surface area contributed by atoms with Crippen LogP contribution in [0.1, 0.15) is 38.7 Å². The van der Waals surface area contributed by atoms with Gasteiger partial charge in [0, 0.05) is 31.9 Å². The molecular weight excluding hydrogens is 433 g/mol. The van der Waals surface area contributed by atoms with E-state index in [1.54, 1.807) is 19.2 Å². The molecule has 3 heterocycles. The number of ether oxygens (including phenoxy) is 2. The maximum absolute atomic E-state index is 13.7. The lowest BCUT2D eigenvalue weighted by atomic mass is 9.70. The molecule has 0 radical (unpaired) electrons. The van der Waals surface area contributed by atoms with E-state index in [0.717, 1.165) is 11.1 Å². The summed E-state index contributed by atoms with van der Waals surface area (Å²) in [6, 6.07) is 10.2. The Hall–Kier alpha value is -2.64. The van der Waals surface area contributed by atoms with Crippen molar-refractivity contribution in [3.63, 3.8) is 0 Å². The van der Waals surface area contributed by atoms with Gasteiger partial charge in [-0.3, -0.25) is 9.69 Å². The number of rotatable bonds is 1. The number of nitrogens with two attached hydrogens (primary N) is 1. The average molecular weight is 458 g/mol. The van der Waals surface area contributed by atoms with Crippen LogP contribution in [0.25, 0.3) is 11.1 Å². The number of benzene rings is 2. The van der Waals surface area contributed by atoms with Gasteiger partial charge in [-0.15, -0.1) is 0 Å². The minimum Gasteiger partial charge on any atom is -0.487 e. The predicted molar refractivity (Wildman–Crippen MR) is 120 cm³/mol. The van der Waals surface area contributed by atoms with E-state index < -0.39 is 17.0 Å². The van der Waals surface area contributed by atoms with Crippen LogP contribution in [0.3, 0.4) is 0 Å². The van der Waals surface area contributed by atoms with Gasteiger partial charge in [0.05, 0.1) is 17.2 Å². The van der Waals surface area contributed by atoms with Gasteiger partial charge in [-0.2, -0.15) is 0 Å². The van der Waals surface area contributed by atoms with Crippen molar-refractivity contribution < 1.29 is 18.7 Å². The third-order valence-corrected chi connectivity index (χ3v) is 6.98. The number of hydrogen-bond acceptors (Lipinski definition) is 5. The molecule has 6 nitrogen and oxygen atoms in total. The van der Waals surface area contributed by atoms with Crippen LogP contribution in [-0.4, -0.2) is 41.6 Å². The second-order valence-corrected chi connectivity index (χ2v) is 9.94. The van der Waals surface area contributed by atoms with E-state index in [4.69, 9.17) is 31.8 Å². The average Bonchev–Trinajstić information content (AvgIpc) is 2.93. The predicted octanol–water partition coefficient (Wildman–Crippen LogP) is 4.24. The highest BCUT2D eigenvalue weighted by Gasteiger charge is 2.59. The molecule has 1 fully saturated rings. The maximum atomic E-state index is 13.7. The molecule has 1 saturated heterocycles. The zero-order valence-electron chi connectivity index (χ0n) is 18.2. The van der Waals surface area contributed by atoms with Crippen molar-refractivity contribution in [3.8, 4) is 16.9 Å². The molecule has 0 aliphatic carbocycles. The summed E-state index contributed by atoms with van der Waals surface area (Å²) in [7, 11) is 1.63. The number of likely N-dealkylation sites (N-methyl/N-ethyl adjacent to an activating group) is 1. The highest BCUT2D eigenvalue weighted by atomic mass is 35.5. The van der Waals surface area contributed by atoms with Crippen LogP contribution < -0.4 is 10.5 Å². The van der Waals surface area contributed by atoms with Gasteiger partial charge in [0.25, 0.3) is 5.91 Å². The molecule has 5 rings (SSSR count). The summed E-state index contributed by atoms with van der Waals surface area (Å²) in [6.45, 7) is 4.59. The van der Waals surface area contributed by atoms with E-state index in [0.29, 0.717) is 37.2 Å². The molecule has 1 amide bonds. The summed E-state index contributed by atoms with van der Waals surface area (Å²) in [5, 5.41) is 0.0357. The summed E-state index contributed by atoms with van der Waals surface area (Å²) >= 11 is 6.00. The molecule has 0 saturated carbocycles. The van der Waals surface area contributed by atoms with Gasteiger partial charge < -0.3 is 15.2 Å². The van der Waals surface area contributed by atoms with E-state index in [-0.39, 0.29) is 22.5 Å². The van der Waals surface area contributed by atoms with Gasteiger partial charge in [0.1, 0.15) is 17.2 Å². The van der Waals surface area contributed by atoms with Crippen molar-refractivity contribution in [3.05, 3.63) is 52.8 Å². The van der Waals surface area contributed by atoms with Crippen molar-refractivity contribution >= 4 is 23.5 Å². The van der Waals surface area contributed by atoms with Gasteiger partial charge in [-0.05, 0) is 49.2 Å². The summed E-state index contributed by atoms with van der Waals surface area (Å²) in [6.07, 6.45) is 1.65. The van der Waals surface area contributed by atoms with Crippen molar-refractivity contribution in [2.24, 2.45) is 10.7 Å². The lowest BCUT2D eigenvalue weighted by molar-refractivity contribution is -0.156. The first-order valence-electron chi connectivity index (χ1n) is 10.6. The van der Waals surface area contributed by atoms with E-state index in [9.17, 15) is 9.18 Å². The zero-order chi connectivity index (χ0) is 22.9. The Morgan fingerprint density at radius 3 is 2.53 bits per heavy atom. The first-order chi connectivity index (χ1) is 15.0. The van der Waals surface area contributed by atoms with Gasteiger partial charge in [-0.25, -0.2) is 9.38 Å². The van der Waals surface area contributed by atoms with Crippen LogP contribution in [0.2, 0.25) is 5.02 Å². The number of fused-ring (bicyclic) bond motifs is 2. The standard InChI is InChI=1S/C24H25ClFN3O3/c1-22(2)12-23(8-9-31-22)13-24(20(30)29(3)21(27)28-24)16-10-14(5-7-19(16)32-23)15-4-6-18(26)17(25)11-15/h4-7,10-11H,8-9,12-13H2,1-3H3,(H2,27,28). The third kappa shape index (κ3) is 3.18. The largest absolute Gasteiger partial charge is 0.487 e. The molecular formula is C24H25ClFN3O3. The molecule has 2 atom stereocenters. The normalized spacial score (nSPS) is 28.6. The number of hydrogen-bond donors (Lipinski definition) is 1. The summed E-state index contributed by atoms with van der Waals surface area (Å²) < 4.78 is 26.2. The molecule has 2 aromatic carbocycles. The first-order valence-corrected chi connectivity index (χ1v) is 11.0. The molecule has 3 aliphatic rings. The van der Waals surface area contributed by atoms with Crippen LogP contribution in [0.5, 0.6) is 5.75 Å². The van der Waals surface area contributed by atoms with Crippen LogP contribution in [0, 0.1) is 5.82 Å². The lowest BCUT2D eigenvalue weighted by Crippen LogP contribution is -2.57. The van der Waals surface area contributed by atoms with Gasteiger partial charge in [0.2, 0.25) is 0 Å². The Labute approximate surface area is 191 Å². The van der Waals surface area contributed by atoms with Crippen LogP contribution in [0.4, 0.5) is 4.39 Å². The van der Waals surface area contributed by atoms with Crippen molar-refractivity contribution in [1.29, 1.82) is 0 Å². The van der Waals surface area contributed by atoms with Crippen molar-refractivity contribution in [2.75, 3.05) is 13.7 Å². The zero-order valence-corrected chi connectivity index (χ0v) is 19.0. The van der Waals surface area contributed by atoms with E-state index in [2.05, 4.69) is 0 Å². The van der Waals surface area contributed by atoms with E-state index >= 15 is 0 Å². The van der Waals surface area contributed by atoms with E-state index in [1.165, 1.54) is 11.0 Å². The Morgan fingerprint density at radius 1 is 1.16 bits per heavy atom. The fraction of sp³-hybridized carbons (Fsp3) is 0.417. The topological polar surface area (TPSA) is 77.2 Å². The Bertz CT molecular complexity index is 1170. The number of nitrogens with zero attached hydrogens (tertiary/aromatic N) is 2. The molecule has 168 valence electrons. The van der Waals surface area contributed by atoms with Crippen molar-refractivity contribution in [1.82, 2.24) is 4.90 Å². The molecule has 2 spiro atoms. The number of halogens is 2. The fourth-order valence-corrected chi connectivity index (χ4v) is 5.47. The first kappa shape index (κ1) is 21.2.